The van der Waals surface area contributed by atoms with Crippen molar-refractivity contribution in [1.29, 1.82) is 0 Å². The quantitative estimate of drug-likeness (QED) is 0.208. The molecule has 0 aliphatic heterocycles. The third-order valence-electron chi connectivity index (χ3n) is 6.27. The first-order valence-electron chi connectivity index (χ1n) is 12.3. The van der Waals surface area contributed by atoms with Crippen molar-refractivity contribution < 1.29 is 9.50 Å². The van der Waals surface area contributed by atoms with Gasteiger partial charge < -0.3 is 15.4 Å². The highest BCUT2D eigenvalue weighted by atomic mass is 19.1. The molecule has 0 aliphatic rings. The maximum absolute atomic E-state index is 13.9. The minimum atomic E-state index is -0.660. The van der Waals surface area contributed by atoms with Gasteiger partial charge in [-0.25, -0.2) is 19.3 Å². The molecule has 0 saturated heterocycles. The number of hydrogen-bond acceptors (Lipinski definition) is 7. The molecule has 0 spiro atoms. The van der Waals surface area contributed by atoms with E-state index in [4.69, 9.17) is 0 Å². The molecule has 6 rings (SSSR count). The smallest absolute Gasteiger partial charge is 0.181 e. The Bertz CT molecular complexity index is 1760. The zero-order valence-electron chi connectivity index (χ0n) is 20.8. The van der Waals surface area contributed by atoms with E-state index in [0.717, 1.165) is 33.3 Å². The number of aliphatic hydroxyl groups excluding tert-OH is 1. The number of aromatic nitrogens is 7. The van der Waals surface area contributed by atoms with Crippen LogP contribution in [-0.2, 0) is 0 Å². The number of fused-ring (bicyclic) bond motifs is 2. The average molecular weight is 509 g/mol. The lowest BCUT2D eigenvalue weighted by atomic mass is 10.1. The van der Waals surface area contributed by atoms with Crippen LogP contribution in [0.15, 0.2) is 67.3 Å². The van der Waals surface area contributed by atoms with Crippen LogP contribution in [0.1, 0.15) is 20.3 Å². The van der Waals surface area contributed by atoms with Gasteiger partial charge in [-0.2, -0.15) is 5.10 Å². The highest BCUT2D eigenvalue weighted by molar-refractivity contribution is 5.96. The number of H-pyrrole nitrogens is 2. The molecule has 5 aromatic heterocycles. The minimum absolute atomic E-state index is 0.312. The van der Waals surface area contributed by atoms with E-state index in [9.17, 15) is 9.50 Å². The van der Waals surface area contributed by atoms with Crippen LogP contribution in [0, 0.1) is 11.7 Å². The van der Waals surface area contributed by atoms with Gasteiger partial charge in [-0.15, -0.1) is 0 Å². The van der Waals surface area contributed by atoms with Crippen molar-refractivity contribution in [2.45, 2.75) is 26.5 Å². The molecule has 0 amide bonds. The topological polar surface area (TPSA) is 128 Å². The number of anilines is 1. The predicted octanol–water partition coefficient (Wildman–Crippen LogP) is 5.54. The van der Waals surface area contributed by atoms with E-state index in [2.05, 4.69) is 54.3 Å². The summed E-state index contributed by atoms with van der Waals surface area (Å²) in [5.41, 5.74) is 6.33. The average Bonchev–Trinajstić information content (AvgIpc) is 3.52. The minimum Gasteiger partial charge on any atom is -0.374 e. The summed E-state index contributed by atoms with van der Waals surface area (Å²) in [4.78, 5) is 21.3. The number of aliphatic hydroxyl groups is 1. The Hall–Kier alpha value is -4.70. The lowest BCUT2D eigenvalue weighted by Crippen LogP contribution is -2.20. The number of imidazole rings is 1. The van der Waals surface area contributed by atoms with Gasteiger partial charge in [-0.1, -0.05) is 26.0 Å². The first-order valence-corrected chi connectivity index (χ1v) is 12.3. The van der Waals surface area contributed by atoms with Crippen LogP contribution >= 0.6 is 0 Å². The fourth-order valence-corrected chi connectivity index (χ4v) is 4.54. The Kier molecular flexibility index (Phi) is 6.01. The maximum Gasteiger partial charge on any atom is 0.181 e. The fourth-order valence-electron chi connectivity index (χ4n) is 4.54. The van der Waals surface area contributed by atoms with Crippen LogP contribution in [-0.4, -0.2) is 46.5 Å². The number of nitrogens with zero attached hydrogens (tertiary/aromatic N) is 5. The molecule has 9 nitrogen and oxygen atoms in total. The number of hydrogen-bond donors (Lipinski definition) is 4. The van der Waals surface area contributed by atoms with Gasteiger partial charge in [0.25, 0.3) is 0 Å². The SMILES string of the molecule is CC(C)CC(O)Nc1cncc(-c2cnc3n[nH]c(-c4nc5nccc(-c6cccc(F)c6)c5[nH]4)c3c2)c1. The molecular formula is C28H25FN8O. The van der Waals surface area contributed by atoms with Gasteiger partial charge in [-0.05, 0) is 48.2 Å². The summed E-state index contributed by atoms with van der Waals surface area (Å²) in [6.07, 6.45) is 6.79. The van der Waals surface area contributed by atoms with Gasteiger partial charge in [0.2, 0.25) is 0 Å². The van der Waals surface area contributed by atoms with E-state index in [1.165, 1.54) is 12.1 Å². The van der Waals surface area contributed by atoms with Crippen molar-refractivity contribution in [2.75, 3.05) is 5.32 Å². The summed E-state index contributed by atoms with van der Waals surface area (Å²) in [6, 6.07) is 12.1. The van der Waals surface area contributed by atoms with Crippen molar-refractivity contribution in [2.24, 2.45) is 5.92 Å². The van der Waals surface area contributed by atoms with Crippen molar-refractivity contribution in [3.8, 4) is 33.8 Å². The first kappa shape index (κ1) is 23.7. The molecule has 4 N–H and O–H groups in total. The zero-order chi connectivity index (χ0) is 26.2. The second-order valence-corrected chi connectivity index (χ2v) is 9.60. The third-order valence-corrected chi connectivity index (χ3v) is 6.27. The molecule has 1 aromatic carbocycles. The summed E-state index contributed by atoms with van der Waals surface area (Å²) >= 11 is 0. The zero-order valence-corrected chi connectivity index (χ0v) is 20.8. The summed E-state index contributed by atoms with van der Waals surface area (Å²) in [6.45, 7) is 4.12. The second-order valence-electron chi connectivity index (χ2n) is 9.60. The molecule has 0 aliphatic carbocycles. The van der Waals surface area contributed by atoms with E-state index < -0.39 is 6.23 Å². The van der Waals surface area contributed by atoms with E-state index in [-0.39, 0.29) is 5.82 Å². The van der Waals surface area contributed by atoms with E-state index >= 15 is 0 Å². The first-order chi connectivity index (χ1) is 18.4. The molecule has 5 heterocycles. The maximum atomic E-state index is 13.9. The molecule has 0 bridgehead atoms. The molecule has 38 heavy (non-hydrogen) atoms. The molecule has 0 saturated carbocycles. The van der Waals surface area contributed by atoms with Gasteiger partial charge in [0.1, 0.15) is 17.7 Å². The normalized spacial score (nSPS) is 12.4. The molecular weight excluding hydrogens is 483 g/mol. The molecule has 6 aromatic rings. The van der Waals surface area contributed by atoms with Crippen LogP contribution < -0.4 is 5.32 Å². The van der Waals surface area contributed by atoms with E-state index in [1.807, 2.05) is 24.3 Å². The third kappa shape index (κ3) is 4.57. The van der Waals surface area contributed by atoms with Gasteiger partial charge >= 0.3 is 0 Å². The van der Waals surface area contributed by atoms with Gasteiger partial charge in [0.15, 0.2) is 17.1 Å². The Morgan fingerprint density at radius 1 is 0.974 bits per heavy atom. The van der Waals surface area contributed by atoms with Crippen molar-refractivity contribution in [1.82, 2.24) is 35.1 Å². The van der Waals surface area contributed by atoms with Crippen LogP contribution in [0.5, 0.6) is 0 Å². The van der Waals surface area contributed by atoms with Crippen molar-refractivity contribution in [3.05, 3.63) is 73.1 Å². The largest absolute Gasteiger partial charge is 0.374 e. The highest BCUT2D eigenvalue weighted by Crippen LogP contribution is 2.32. The monoisotopic (exact) mass is 508 g/mol. The lowest BCUT2D eigenvalue weighted by molar-refractivity contribution is 0.176. The van der Waals surface area contributed by atoms with Gasteiger partial charge in [-0.3, -0.25) is 10.1 Å². The molecule has 190 valence electrons. The number of aromatic amines is 2. The van der Waals surface area contributed by atoms with Crippen LogP contribution in [0.2, 0.25) is 0 Å². The van der Waals surface area contributed by atoms with Crippen LogP contribution in [0.4, 0.5) is 10.1 Å². The Labute approximate surface area is 217 Å². The Balaban J connectivity index is 1.38. The summed E-state index contributed by atoms with van der Waals surface area (Å²) in [5.74, 6) is 0.592. The fraction of sp³-hybridized carbons (Fsp3) is 0.179. The number of benzene rings is 1. The molecule has 1 unspecified atom stereocenters. The number of pyridine rings is 3. The lowest BCUT2D eigenvalue weighted by Gasteiger charge is -2.16. The van der Waals surface area contributed by atoms with Crippen molar-refractivity contribution in [3.63, 3.8) is 0 Å². The molecule has 0 radical (unpaired) electrons. The number of rotatable bonds is 7. The van der Waals surface area contributed by atoms with Crippen LogP contribution in [0.3, 0.4) is 0 Å². The second kappa shape index (κ2) is 9.64. The van der Waals surface area contributed by atoms with E-state index in [0.29, 0.717) is 40.7 Å². The summed E-state index contributed by atoms with van der Waals surface area (Å²) in [5, 5.41) is 21.5. The molecule has 10 heteroatoms. The van der Waals surface area contributed by atoms with Crippen molar-refractivity contribution >= 4 is 27.9 Å². The molecule has 0 fully saturated rings. The number of nitrogens with one attached hydrogen (secondary N) is 3. The van der Waals surface area contributed by atoms with E-state index in [1.54, 1.807) is 30.9 Å². The highest BCUT2D eigenvalue weighted by Gasteiger charge is 2.17. The standard InChI is InChI=1S/C28H25FN8O/c1-15(2)8-23(38)33-20-10-17(12-30-14-20)18-11-22-25(36-37-26(22)32-13-18)28-34-24-21(6-7-31-27(24)35-28)16-4-3-5-19(29)9-16/h3-7,9-15,23,33,38H,8H2,1-2H3,(H,31,34,35)(H,32,36,37). The van der Waals surface area contributed by atoms with Gasteiger partial charge in [0.05, 0.1) is 22.8 Å². The predicted molar refractivity (Wildman–Crippen MR) is 144 cm³/mol. The number of halogens is 1. The summed E-state index contributed by atoms with van der Waals surface area (Å²) in [7, 11) is 0. The summed E-state index contributed by atoms with van der Waals surface area (Å²) < 4.78 is 13.9. The van der Waals surface area contributed by atoms with Gasteiger partial charge in [0, 0.05) is 35.3 Å². The Morgan fingerprint density at radius 2 is 1.84 bits per heavy atom. The Morgan fingerprint density at radius 3 is 2.68 bits per heavy atom. The van der Waals surface area contributed by atoms with Crippen LogP contribution in [0.25, 0.3) is 56.0 Å². The molecule has 1 atom stereocenters.